The summed E-state index contributed by atoms with van der Waals surface area (Å²) in [5, 5.41) is 0. The minimum Gasteiger partial charge on any atom is -0.493 e. The molecule has 2 heteroatoms. The van der Waals surface area contributed by atoms with Gasteiger partial charge < -0.3 is 10.5 Å². The van der Waals surface area contributed by atoms with E-state index in [0.717, 1.165) is 19.6 Å². The summed E-state index contributed by atoms with van der Waals surface area (Å²) in [6.45, 7) is 1.69. The lowest BCUT2D eigenvalue weighted by atomic mass is 9.86. The highest BCUT2D eigenvalue weighted by atomic mass is 16.5. The van der Waals surface area contributed by atoms with Crippen LogP contribution in [-0.4, -0.2) is 13.2 Å². The number of nitrogens with two attached hydrogens (primary N) is 1. The second-order valence-electron chi connectivity index (χ2n) is 5.32. The maximum Gasteiger partial charge on any atom is 0.125 e. The van der Waals surface area contributed by atoms with Crippen LogP contribution in [-0.2, 0) is 6.42 Å². The highest BCUT2D eigenvalue weighted by Crippen LogP contribution is 2.44. The van der Waals surface area contributed by atoms with E-state index in [1.807, 2.05) is 0 Å². The number of hydrogen-bond donors (Lipinski definition) is 1. The molecule has 0 aromatic heterocycles. The summed E-state index contributed by atoms with van der Waals surface area (Å²) in [6, 6.07) is 6.65. The van der Waals surface area contributed by atoms with Crippen LogP contribution < -0.4 is 10.5 Å². The molecule has 0 spiro atoms. The molecule has 1 aliphatic heterocycles. The number of fused-ring (bicyclic) bond motifs is 1. The normalized spacial score (nSPS) is 27.6. The van der Waals surface area contributed by atoms with E-state index in [1.54, 1.807) is 0 Å². The van der Waals surface area contributed by atoms with Crippen LogP contribution in [0, 0.1) is 5.92 Å². The number of para-hydroxylation sites is 1. The van der Waals surface area contributed by atoms with Crippen LogP contribution >= 0.6 is 0 Å². The maximum atomic E-state index is 5.92. The predicted octanol–water partition coefficient (Wildman–Crippen LogP) is 2.85. The molecule has 92 valence electrons. The topological polar surface area (TPSA) is 35.2 Å². The number of benzene rings is 1. The van der Waals surface area contributed by atoms with Crippen LogP contribution in [0.4, 0.5) is 0 Å². The van der Waals surface area contributed by atoms with Gasteiger partial charge in [0, 0.05) is 0 Å². The van der Waals surface area contributed by atoms with Crippen LogP contribution in [0.1, 0.15) is 42.7 Å². The lowest BCUT2D eigenvalue weighted by Crippen LogP contribution is -2.19. The Morgan fingerprint density at radius 3 is 3.06 bits per heavy atom. The Kier molecular flexibility index (Phi) is 3.06. The van der Waals surface area contributed by atoms with Crippen LogP contribution in [0.15, 0.2) is 18.2 Å². The van der Waals surface area contributed by atoms with E-state index in [0.29, 0.717) is 11.8 Å². The molecule has 2 aliphatic rings. The van der Waals surface area contributed by atoms with E-state index in [9.17, 15) is 0 Å². The Hall–Kier alpha value is -1.02. The number of hydrogen-bond acceptors (Lipinski definition) is 2. The smallest absolute Gasteiger partial charge is 0.125 e. The van der Waals surface area contributed by atoms with Gasteiger partial charge in [-0.25, -0.2) is 0 Å². The summed E-state index contributed by atoms with van der Waals surface area (Å²) in [5.41, 5.74) is 8.72. The number of rotatable bonds is 2. The molecule has 17 heavy (non-hydrogen) atoms. The third kappa shape index (κ3) is 1.95. The van der Waals surface area contributed by atoms with Crippen molar-refractivity contribution in [3.63, 3.8) is 0 Å². The molecule has 0 amide bonds. The van der Waals surface area contributed by atoms with E-state index in [1.165, 1.54) is 42.6 Å². The quantitative estimate of drug-likeness (QED) is 0.849. The van der Waals surface area contributed by atoms with Crippen LogP contribution in [0.25, 0.3) is 0 Å². The third-order valence-corrected chi connectivity index (χ3v) is 4.33. The van der Waals surface area contributed by atoms with Crippen molar-refractivity contribution in [1.29, 1.82) is 0 Å². The molecule has 1 heterocycles. The molecular formula is C15H21NO. The molecule has 0 bridgehead atoms. The predicted molar refractivity (Wildman–Crippen MR) is 69.4 cm³/mol. The standard InChI is InChI=1S/C15H21NO/c16-10-12-5-2-7-13(12)14-8-1-4-11-6-3-9-17-15(11)14/h1,4,8,12-13H,2-3,5-7,9-10,16H2. The summed E-state index contributed by atoms with van der Waals surface area (Å²) < 4.78 is 5.92. The first-order valence-corrected chi connectivity index (χ1v) is 6.85. The second-order valence-corrected chi connectivity index (χ2v) is 5.32. The first kappa shape index (κ1) is 11.1. The fraction of sp³-hybridized carbons (Fsp3) is 0.600. The van der Waals surface area contributed by atoms with Gasteiger partial charge in [0.05, 0.1) is 6.61 Å². The molecule has 1 aromatic carbocycles. The molecule has 0 radical (unpaired) electrons. The lowest BCUT2D eigenvalue weighted by Gasteiger charge is -2.25. The fourth-order valence-electron chi connectivity index (χ4n) is 3.43. The van der Waals surface area contributed by atoms with Crippen molar-refractivity contribution >= 4 is 0 Å². The van der Waals surface area contributed by atoms with E-state index in [2.05, 4.69) is 18.2 Å². The average Bonchev–Trinajstić information content (AvgIpc) is 2.86. The zero-order chi connectivity index (χ0) is 11.7. The Morgan fingerprint density at radius 2 is 2.18 bits per heavy atom. The molecule has 1 aliphatic carbocycles. The summed E-state index contributed by atoms with van der Waals surface area (Å²) in [4.78, 5) is 0. The number of ether oxygens (including phenoxy) is 1. The summed E-state index contributed by atoms with van der Waals surface area (Å²) >= 11 is 0. The van der Waals surface area contributed by atoms with Crippen molar-refractivity contribution in [2.75, 3.05) is 13.2 Å². The van der Waals surface area contributed by atoms with Crippen LogP contribution in [0.5, 0.6) is 5.75 Å². The molecule has 1 fully saturated rings. The fourth-order valence-corrected chi connectivity index (χ4v) is 3.43. The zero-order valence-corrected chi connectivity index (χ0v) is 10.3. The molecule has 2 nitrogen and oxygen atoms in total. The summed E-state index contributed by atoms with van der Waals surface area (Å²) in [7, 11) is 0. The average molecular weight is 231 g/mol. The van der Waals surface area contributed by atoms with Crippen molar-refractivity contribution in [2.24, 2.45) is 11.7 Å². The van der Waals surface area contributed by atoms with Crippen molar-refractivity contribution in [3.05, 3.63) is 29.3 Å². The monoisotopic (exact) mass is 231 g/mol. The first-order chi connectivity index (χ1) is 8.40. The van der Waals surface area contributed by atoms with Gasteiger partial charge in [-0.05, 0) is 55.2 Å². The van der Waals surface area contributed by atoms with Gasteiger partial charge >= 0.3 is 0 Å². The van der Waals surface area contributed by atoms with E-state index in [-0.39, 0.29) is 0 Å². The van der Waals surface area contributed by atoms with Gasteiger partial charge in [-0.2, -0.15) is 0 Å². The first-order valence-electron chi connectivity index (χ1n) is 6.85. The largest absolute Gasteiger partial charge is 0.493 e. The van der Waals surface area contributed by atoms with Crippen molar-refractivity contribution in [2.45, 2.75) is 38.0 Å². The minimum atomic E-state index is 0.632. The molecule has 2 unspecified atom stereocenters. The molecule has 2 atom stereocenters. The Labute approximate surface area is 103 Å². The van der Waals surface area contributed by atoms with Gasteiger partial charge in [0.1, 0.15) is 5.75 Å². The van der Waals surface area contributed by atoms with Gasteiger partial charge in [-0.1, -0.05) is 24.6 Å². The molecule has 0 saturated heterocycles. The van der Waals surface area contributed by atoms with Gasteiger partial charge in [0.2, 0.25) is 0 Å². The third-order valence-electron chi connectivity index (χ3n) is 4.33. The number of aryl methyl sites for hydroxylation is 1. The summed E-state index contributed by atoms with van der Waals surface area (Å²) in [6.07, 6.45) is 6.20. The van der Waals surface area contributed by atoms with E-state index < -0.39 is 0 Å². The molecule has 1 aromatic rings. The Morgan fingerprint density at radius 1 is 1.24 bits per heavy atom. The molecule has 1 saturated carbocycles. The summed E-state index contributed by atoms with van der Waals surface area (Å²) in [5.74, 6) is 2.48. The highest BCUT2D eigenvalue weighted by molar-refractivity contribution is 5.45. The van der Waals surface area contributed by atoms with Gasteiger partial charge in [0.15, 0.2) is 0 Å². The lowest BCUT2D eigenvalue weighted by molar-refractivity contribution is 0.281. The van der Waals surface area contributed by atoms with Crippen LogP contribution in [0.2, 0.25) is 0 Å². The Bertz CT molecular complexity index is 402. The second kappa shape index (κ2) is 4.69. The molecule has 3 rings (SSSR count). The minimum absolute atomic E-state index is 0.632. The zero-order valence-electron chi connectivity index (χ0n) is 10.3. The van der Waals surface area contributed by atoms with E-state index in [4.69, 9.17) is 10.5 Å². The van der Waals surface area contributed by atoms with Crippen molar-refractivity contribution in [3.8, 4) is 5.75 Å². The van der Waals surface area contributed by atoms with Crippen molar-refractivity contribution < 1.29 is 4.74 Å². The highest BCUT2D eigenvalue weighted by Gasteiger charge is 2.30. The van der Waals surface area contributed by atoms with Crippen LogP contribution in [0.3, 0.4) is 0 Å². The van der Waals surface area contributed by atoms with Gasteiger partial charge in [-0.3, -0.25) is 0 Å². The SMILES string of the molecule is NCC1CCCC1c1cccc2c1OCCC2. The molecule has 2 N–H and O–H groups in total. The van der Waals surface area contributed by atoms with E-state index >= 15 is 0 Å². The van der Waals surface area contributed by atoms with Crippen molar-refractivity contribution in [1.82, 2.24) is 0 Å². The van der Waals surface area contributed by atoms with Gasteiger partial charge in [0.25, 0.3) is 0 Å². The Balaban J connectivity index is 1.97. The maximum absolute atomic E-state index is 5.92. The van der Waals surface area contributed by atoms with Gasteiger partial charge in [-0.15, -0.1) is 0 Å². The molecular weight excluding hydrogens is 210 g/mol.